The number of aliphatic carboxylic acids is 1. The lowest BCUT2D eigenvalue weighted by Crippen LogP contribution is -2.55. The molecule has 1 aromatic carbocycles. The summed E-state index contributed by atoms with van der Waals surface area (Å²) in [6.45, 7) is 2.81. The van der Waals surface area contributed by atoms with Gasteiger partial charge in [0.1, 0.15) is 23.9 Å². The summed E-state index contributed by atoms with van der Waals surface area (Å²) in [5.74, 6) is -3.13. The highest BCUT2D eigenvalue weighted by atomic mass is 32.1. The van der Waals surface area contributed by atoms with Crippen LogP contribution in [0.3, 0.4) is 0 Å². The SMILES string of the molecule is CC(NC(=O)C(N)Cc1ccc(O)cc1)C(=O)NC(C)C(=O)NC(CS)C(=O)O. The topological polar surface area (TPSA) is 171 Å². The number of aromatic hydroxyl groups is 1. The highest BCUT2D eigenvalue weighted by molar-refractivity contribution is 7.80. The second-order valence-corrected chi connectivity index (χ2v) is 6.88. The van der Waals surface area contributed by atoms with E-state index in [9.17, 15) is 24.3 Å². The van der Waals surface area contributed by atoms with Crippen LogP contribution in [-0.4, -0.2) is 63.8 Å². The molecule has 0 aliphatic heterocycles. The summed E-state index contributed by atoms with van der Waals surface area (Å²) in [5.41, 5.74) is 6.59. The Labute approximate surface area is 173 Å². The molecule has 29 heavy (non-hydrogen) atoms. The molecule has 4 unspecified atom stereocenters. The van der Waals surface area contributed by atoms with Gasteiger partial charge in [-0.05, 0) is 38.0 Å². The van der Waals surface area contributed by atoms with Crippen LogP contribution in [-0.2, 0) is 25.6 Å². The number of nitrogens with one attached hydrogen (secondary N) is 3. The summed E-state index contributed by atoms with van der Waals surface area (Å²) in [5, 5.41) is 25.3. The van der Waals surface area contributed by atoms with E-state index < -0.39 is 47.9 Å². The van der Waals surface area contributed by atoms with Crippen LogP contribution in [0.2, 0.25) is 0 Å². The molecule has 0 spiro atoms. The van der Waals surface area contributed by atoms with Crippen molar-refractivity contribution in [2.75, 3.05) is 5.75 Å². The number of thiol groups is 1. The number of benzene rings is 1. The van der Waals surface area contributed by atoms with Crippen LogP contribution in [0.4, 0.5) is 0 Å². The van der Waals surface area contributed by atoms with Gasteiger partial charge in [-0.3, -0.25) is 14.4 Å². The molecule has 0 aliphatic rings. The zero-order chi connectivity index (χ0) is 22.1. The maximum absolute atomic E-state index is 12.2. The Balaban J connectivity index is 2.53. The number of nitrogens with two attached hydrogens (primary N) is 1. The molecule has 0 heterocycles. The summed E-state index contributed by atoms with van der Waals surface area (Å²) in [4.78, 5) is 47.3. The van der Waals surface area contributed by atoms with Crippen molar-refractivity contribution in [1.29, 1.82) is 0 Å². The standard InChI is InChI=1S/C18H26N4O6S/c1-9(15(24)20-10(2)16(25)22-14(8-29)18(27)28)21-17(26)13(19)7-11-3-5-12(23)6-4-11/h3-6,9-10,13-14,23,29H,7-8,19H2,1-2H3,(H,20,24)(H,21,26)(H,22,25)(H,27,28). The van der Waals surface area contributed by atoms with Gasteiger partial charge in [-0.25, -0.2) is 4.79 Å². The minimum atomic E-state index is -1.24. The number of amides is 3. The van der Waals surface area contributed by atoms with E-state index in [1.165, 1.54) is 26.0 Å². The Morgan fingerprint density at radius 1 is 0.966 bits per heavy atom. The molecule has 7 N–H and O–H groups in total. The highest BCUT2D eigenvalue weighted by Crippen LogP contribution is 2.11. The molecule has 160 valence electrons. The Morgan fingerprint density at radius 2 is 1.45 bits per heavy atom. The van der Waals surface area contributed by atoms with Crippen LogP contribution in [0.25, 0.3) is 0 Å². The molecule has 11 heteroatoms. The number of hydrogen-bond donors (Lipinski definition) is 7. The summed E-state index contributed by atoms with van der Waals surface area (Å²) in [7, 11) is 0. The van der Waals surface area contributed by atoms with Crippen molar-refractivity contribution in [3.8, 4) is 5.75 Å². The smallest absolute Gasteiger partial charge is 0.327 e. The van der Waals surface area contributed by atoms with Crippen LogP contribution < -0.4 is 21.7 Å². The molecule has 0 aliphatic carbocycles. The summed E-state index contributed by atoms with van der Waals surface area (Å²) < 4.78 is 0. The third kappa shape index (κ3) is 8.00. The maximum Gasteiger partial charge on any atom is 0.327 e. The van der Waals surface area contributed by atoms with Gasteiger partial charge in [-0.15, -0.1) is 0 Å². The van der Waals surface area contributed by atoms with Crippen molar-refractivity contribution >= 4 is 36.3 Å². The predicted octanol–water partition coefficient (Wildman–Crippen LogP) is -1.23. The summed E-state index contributed by atoms with van der Waals surface area (Å²) in [6.07, 6.45) is 0.208. The first-order valence-corrected chi connectivity index (χ1v) is 9.46. The van der Waals surface area contributed by atoms with Crippen molar-refractivity contribution < 1.29 is 29.4 Å². The average molecular weight is 426 g/mol. The van der Waals surface area contributed by atoms with Crippen LogP contribution in [0.1, 0.15) is 19.4 Å². The summed E-state index contributed by atoms with van der Waals surface area (Å²) in [6, 6.07) is 2.14. The molecule has 1 rings (SSSR count). The third-order valence-electron chi connectivity index (χ3n) is 4.03. The molecule has 0 bridgehead atoms. The first-order chi connectivity index (χ1) is 13.5. The first kappa shape index (κ1) is 24.2. The minimum absolute atomic E-state index is 0.0965. The Morgan fingerprint density at radius 3 is 1.93 bits per heavy atom. The fourth-order valence-electron chi connectivity index (χ4n) is 2.25. The van der Waals surface area contributed by atoms with E-state index >= 15 is 0 Å². The number of phenolic OH excluding ortho intramolecular Hbond substituents is 1. The molecular formula is C18H26N4O6S. The van der Waals surface area contributed by atoms with E-state index in [0.717, 1.165) is 5.56 Å². The van der Waals surface area contributed by atoms with Crippen LogP contribution in [0.5, 0.6) is 5.75 Å². The molecule has 4 atom stereocenters. The molecule has 0 saturated carbocycles. The average Bonchev–Trinajstić information content (AvgIpc) is 2.66. The molecule has 10 nitrogen and oxygen atoms in total. The lowest BCUT2D eigenvalue weighted by molar-refractivity contribution is -0.141. The number of carbonyl (C=O) groups excluding carboxylic acids is 3. The van der Waals surface area contributed by atoms with Crippen molar-refractivity contribution in [2.24, 2.45) is 5.73 Å². The number of carboxylic acid groups (broad SMARTS) is 1. The predicted molar refractivity (Wildman–Crippen MR) is 108 cm³/mol. The molecule has 3 amide bonds. The number of phenols is 1. The van der Waals surface area contributed by atoms with Gasteiger partial charge in [-0.1, -0.05) is 12.1 Å². The van der Waals surface area contributed by atoms with Gasteiger partial charge in [0.2, 0.25) is 17.7 Å². The fraction of sp³-hybridized carbons (Fsp3) is 0.444. The lowest BCUT2D eigenvalue weighted by Gasteiger charge is -2.21. The van der Waals surface area contributed by atoms with Gasteiger partial charge in [0, 0.05) is 5.75 Å². The first-order valence-electron chi connectivity index (χ1n) is 8.83. The second kappa shape index (κ2) is 11.3. The molecule has 0 fully saturated rings. The largest absolute Gasteiger partial charge is 0.508 e. The van der Waals surface area contributed by atoms with Crippen LogP contribution >= 0.6 is 12.6 Å². The number of hydrogen-bond acceptors (Lipinski definition) is 7. The van der Waals surface area contributed by atoms with E-state index in [4.69, 9.17) is 10.8 Å². The number of rotatable bonds is 10. The monoisotopic (exact) mass is 426 g/mol. The second-order valence-electron chi connectivity index (χ2n) is 6.52. The summed E-state index contributed by atoms with van der Waals surface area (Å²) >= 11 is 3.84. The zero-order valence-corrected chi connectivity index (χ0v) is 17.0. The van der Waals surface area contributed by atoms with E-state index in [1.807, 2.05) is 0 Å². The van der Waals surface area contributed by atoms with Crippen molar-refractivity contribution in [3.63, 3.8) is 0 Å². The van der Waals surface area contributed by atoms with Gasteiger partial charge in [0.05, 0.1) is 6.04 Å². The molecule has 1 aromatic rings. The quantitative estimate of drug-likeness (QED) is 0.230. The Hall–Kier alpha value is -2.79. The number of carbonyl (C=O) groups is 4. The van der Waals surface area contributed by atoms with Gasteiger partial charge in [0.25, 0.3) is 0 Å². The zero-order valence-electron chi connectivity index (χ0n) is 16.1. The van der Waals surface area contributed by atoms with Crippen LogP contribution in [0.15, 0.2) is 24.3 Å². The number of carboxylic acids is 1. The fourth-order valence-corrected chi connectivity index (χ4v) is 2.50. The molecular weight excluding hydrogens is 400 g/mol. The lowest BCUT2D eigenvalue weighted by atomic mass is 10.1. The molecule has 0 radical (unpaired) electrons. The molecule has 0 aromatic heterocycles. The van der Waals surface area contributed by atoms with Crippen molar-refractivity contribution in [3.05, 3.63) is 29.8 Å². The highest BCUT2D eigenvalue weighted by Gasteiger charge is 2.25. The normalized spacial score (nSPS) is 14.8. The van der Waals surface area contributed by atoms with E-state index in [-0.39, 0.29) is 17.9 Å². The molecule has 0 saturated heterocycles. The van der Waals surface area contributed by atoms with E-state index in [0.29, 0.717) is 0 Å². The van der Waals surface area contributed by atoms with Gasteiger partial charge >= 0.3 is 5.97 Å². The van der Waals surface area contributed by atoms with Crippen LogP contribution in [0, 0.1) is 0 Å². The van der Waals surface area contributed by atoms with Crippen molar-refractivity contribution in [1.82, 2.24) is 16.0 Å². The van der Waals surface area contributed by atoms with E-state index in [2.05, 4.69) is 28.6 Å². The van der Waals surface area contributed by atoms with Gasteiger partial charge in [0.15, 0.2) is 0 Å². The third-order valence-corrected chi connectivity index (χ3v) is 4.40. The van der Waals surface area contributed by atoms with E-state index in [1.54, 1.807) is 12.1 Å². The minimum Gasteiger partial charge on any atom is -0.508 e. The van der Waals surface area contributed by atoms with Gasteiger partial charge < -0.3 is 31.9 Å². The van der Waals surface area contributed by atoms with Gasteiger partial charge in [-0.2, -0.15) is 12.6 Å². The Kier molecular flexibility index (Phi) is 9.42. The Bertz CT molecular complexity index is 742. The maximum atomic E-state index is 12.2. The van der Waals surface area contributed by atoms with Crippen molar-refractivity contribution in [2.45, 2.75) is 44.4 Å².